The molecule has 19 heavy (non-hydrogen) atoms. The van der Waals surface area contributed by atoms with Crippen molar-refractivity contribution < 1.29 is 14.9 Å². The molecule has 2 atom stereocenters. The predicted octanol–water partition coefficient (Wildman–Crippen LogP) is 2.67. The summed E-state index contributed by atoms with van der Waals surface area (Å²) in [5.74, 6) is -0.177. The van der Waals surface area contributed by atoms with Crippen molar-refractivity contribution in [3.05, 3.63) is 35.6 Å². The van der Waals surface area contributed by atoms with E-state index in [1.807, 2.05) is 12.1 Å². The van der Waals surface area contributed by atoms with Gasteiger partial charge in [-0.25, -0.2) is 4.39 Å². The van der Waals surface area contributed by atoms with Crippen LogP contribution in [0.25, 0.3) is 0 Å². The molecule has 3 heteroatoms. The summed E-state index contributed by atoms with van der Waals surface area (Å²) in [5, 5.41) is 0. The minimum absolute atomic E-state index is 0.00466. The lowest BCUT2D eigenvalue weighted by atomic mass is 9.70. The minimum atomic E-state index is -0.177. The lowest BCUT2D eigenvalue weighted by molar-refractivity contribution is -0.372. The number of hydrogen-bond acceptors (Lipinski definition) is 1. The van der Waals surface area contributed by atoms with Crippen molar-refractivity contribution >= 4 is 0 Å². The van der Waals surface area contributed by atoms with Gasteiger partial charge in [0.15, 0.2) is 0 Å². The summed E-state index contributed by atoms with van der Waals surface area (Å²) in [6, 6.07) is 6.91. The highest BCUT2D eigenvalue weighted by Gasteiger charge is 2.41. The van der Waals surface area contributed by atoms with Gasteiger partial charge in [-0.1, -0.05) is 19.1 Å². The molecule has 0 unspecified atom stereocenters. The standard InChI is InChI=1S/C16H24FNO/c1-3-15(2)8-9-16(10-11-18,12-19-15)13-4-6-14(17)7-5-13/h4-7H,3,8-12,18H2,1-2H3/p+1/t15-,16-/m1/s1. The van der Waals surface area contributed by atoms with Crippen LogP contribution in [0.1, 0.15) is 45.1 Å². The Labute approximate surface area is 115 Å². The molecule has 3 N–H and O–H groups in total. The number of hydrogen-bond donors (Lipinski definition) is 1. The predicted molar refractivity (Wildman–Crippen MR) is 74.3 cm³/mol. The maximum atomic E-state index is 13.1. The maximum Gasteiger partial charge on any atom is 0.123 e. The number of ether oxygens (including phenoxy) is 1. The normalized spacial score (nSPS) is 31.4. The van der Waals surface area contributed by atoms with Crippen LogP contribution in [0.4, 0.5) is 4.39 Å². The molecule has 1 aromatic rings. The quantitative estimate of drug-likeness (QED) is 0.893. The highest BCUT2D eigenvalue weighted by Crippen LogP contribution is 2.42. The van der Waals surface area contributed by atoms with Gasteiger partial charge in [-0.05, 0) is 43.9 Å². The molecule has 2 rings (SSSR count). The first-order valence-corrected chi connectivity index (χ1v) is 7.23. The number of halogens is 1. The Hall–Kier alpha value is -0.930. The Bertz CT molecular complexity index is 407. The van der Waals surface area contributed by atoms with Gasteiger partial charge in [0.25, 0.3) is 0 Å². The summed E-state index contributed by atoms with van der Waals surface area (Å²) in [4.78, 5) is 0. The van der Waals surface area contributed by atoms with Crippen molar-refractivity contribution in [2.24, 2.45) is 0 Å². The molecule has 0 aromatic heterocycles. The Morgan fingerprint density at radius 3 is 2.42 bits per heavy atom. The molecule has 1 aliphatic rings. The molecule has 106 valence electrons. The van der Waals surface area contributed by atoms with Crippen LogP contribution in [0.3, 0.4) is 0 Å². The van der Waals surface area contributed by atoms with Crippen LogP contribution in [-0.2, 0) is 10.2 Å². The van der Waals surface area contributed by atoms with E-state index in [1.165, 1.54) is 5.56 Å². The smallest absolute Gasteiger partial charge is 0.123 e. The van der Waals surface area contributed by atoms with Gasteiger partial charge < -0.3 is 10.5 Å². The van der Waals surface area contributed by atoms with Crippen molar-refractivity contribution in [1.82, 2.24) is 0 Å². The third-order valence-electron chi connectivity index (χ3n) is 4.69. The minimum Gasteiger partial charge on any atom is -0.374 e. The topological polar surface area (TPSA) is 36.9 Å². The molecule has 0 aliphatic carbocycles. The van der Waals surface area contributed by atoms with Crippen LogP contribution in [0.5, 0.6) is 0 Å². The van der Waals surface area contributed by atoms with Gasteiger partial charge in [-0.3, -0.25) is 0 Å². The number of quaternary nitrogens is 1. The van der Waals surface area contributed by atoms with E-state index in [-0.39, 0.29) is 16.8 Å². The van der Waals surface area contributed by atoms with E-state index in [1.54, 1.807) is 12.1 Å². The van der Waals surface area contributed by atoms with Crippen LogP contribution in [0.15, 0.2) is 24.3 Å². The van der Waals surface area contributed by atoms with E-state index in [0.717, 1.165) is 38.8 Å². The zero-order chi connectivity index (χ0) is 13.9. The Morgan fingerprint density at radius 2 is 1.95 bits per heavy atom. The first-order chi connectivity index (χ1) is 9.03. The third-order valence-corrected chi connectivity index (χ3v) is 4.69. The fourth-order valence-electron chi connectivity index (χ4n) is 2.95. The fourth-order valence-corrected chi connectivity index (χ4v) is 2.95. The van der Waals surface area contributed by atoms with Crippen molar-refractivity contribution in [2.45, 2.75) is 50.5 Å². The molecule has 1 fully saturated rings. The van der Waals surface area contributed by atoms with Crippen molar-refractivity contribution in [3.63, 3.8) is 0 Å². The molecular formula is C16H25FNO+. The average Bonchev–Trinajstić information content (AvgIpc) is 2.43. The Balaban J connectivity index is 2.23. The summed E-state index contributed by atoms with van der Waals surface area (Å²) >= 11 is 0. The van der Waals surface area contributed by atoms with Gasteiger partial charge >= 0.3 is 0 Å². The maximum absolute atomic E-state index is 13.1. The van der Waals surface area contributed by atoms with Crippen LogP contribution >= 0.6 is 0 Å². The number of rotatable bonds is 4. The van der Waals surface area contributed by atoms with E-state index in [9.17, 15) is 4.39 Å². The second-order valence-corrected chi connectivity index (χ2v) is 5.98. The first kappa shape index (κ1) is 14.5. The molecule has 1 heterocycles. The lowest BCUT2D eigenvalue weighted by Gasteiger charge is -2.45. The Morgan fingerprint density at radius 1 is 1.26 bits per heavy atom. The summed E-state index contributed by atoms with van der Waals surface area (Å²) in [6.07, 6.45) is 4.19. The average molecular weight is 266 g/mol. The summed E-state index contributed by atoms with van der Waals surface area (Å²) in [5.41, 5.74) is 5.21. The van der Waals surface area contributed by atoms with Crippen LogP contribution in [0, 0.1) is 5.82 Å². The number of benzene rings is 1. The molecule has 0 spiro atoms. The molecule has 0 saturated carbocycles. The monoisotopic (exact) mass is 266 g/mol. The van der Waals surface area contributed by atoms with Crippen LogP contribution < -0.4 is 5.73 Å². The van der Waals surface area contributed by atoms with Crippen molar-refractivity contribution in [1.29, 1.82) is 0 Å². The van der Waals surface area contributed by atoms with E-state index >= 15 is 0 Å². The van der Waals surface area contributed by atoms with Gasteiger partial charge in [0.05, 0.1) is 18.8 Å². The van der Waals surface area contributed by atoms with Crippen molar-refractivity contribution in [2.75, 3.05) is 13.2 Å². The summed E-state index contributed by atoms with van der Waals surface area (Å²) < 4.78 is 19.2. The highest BCUT2D eigenvalue weighted by molar-refractivity contribution is 5.27. The first-order valence-electron chi connectivity index (χ1n) is 7.23. The summed E-state index contributed by atoms with van der Waals surface area (Å²) in [6.45, 7) is 5.96. The van der Waals surface area contributed by atoms with E-state index in [2.05, 4.69) is 19.6 Å². The highest BCUT2D eigenvalue weighted by atomic mass is 19.1. The SMILES string of the molecule is CC[C@]1(C)CC[C@](CC[NH3+])(c2ccc(F)cc2)CO1. The van der Waals surface area contributed by atoms with Gasteiger partial charge in [-0.2, -0.15) is 0 Å². The molecule has 1 saturated heterocycles. The lowest BCUT2D eigenvalue weighted by Crippen LogP contribution is -2.55. The largest absolute Gasteiger partial charge is 0.374 e. The van der Waals surface area contributed by atoms with Crippen LogP contribution in [-0.4, -0.2) is 18.8 Å². The van der Waals surface area contributed by atoms with E-state index in [4.69, 9.17) is 4.74 Å². The molecule has 1 aromatic carbocycles. The molecule has 0 amide bonds. The Kier molecular flexibility index (Phi) is 4.26. The zero-order valence-corrected chi connectivity index (χ0v) is 12.0. The zero-order valence-electron chi connectivity index (χ0n) is 12.0. The molecule has 0 bridgehead atoms. The van der Waals surface area contributed by atoms with Gasteiger partial charge in [0.2, 0.25) is 0 Å². The second kappa shape index (κ2) is 5.59. The fraction of sp³-hybridized carbons (Fsp3) is 0.625. The van der Waals surface area contributed by atoms with Gasteiger partial charge in [0.1, 0.15) is 5.82 Å². The second-order valence-electron chi connectivity index (χ2n) is 5.98. The molecular weight excluding hydrogens is 241 g/mol. The van der Waals surface area contributed by atoms with Crippen molar-refractivity contribution in [3.8, 4) is 0 Å². The molecule has 0 radical (unpaired) electrons. The van der Waals surface area contributed by atoms with Crippen LogP contribution in [0.2, 0.25) is 0 Å². The van der Waals surface area contributed by atoms with E-state index in [0.29, 0.717) is 0 Å². The van der Waals surface area contributed by atoms with E-state index < -0.39 is 0 Å². The molecule has 2 nitrogen and oxygen atoms in total. The molecule has 1 aliphatic heterocycles. The third kappa shape index (κ3) is 2.98. The van der Waals surface area contributed by atoms with Gasteiger partial charge in [-0.15, -0.1) is 0 Å². The van der Waals surface area contributed by atoms with Gasteiger partial charge in [0, 0.05) is 11.8 Å². The summed E-state index contributed by atoms with van der Waals surface area (Å²) in [7, 11) is 0.